The molecule has 0 aromatic heterocycles. The fourth-order valence-electron chi connectivity index (χ4n) is 2.84. The lowest BCUT2D eigenvalue weighted by Crippen LogP contribution is -2.30. The second-order valence-electron chi connectivity index (χ2n) is 6.47. The van der Waals surface area contributed by atoms with Crippen LogP contribution >= 0.6 is 0 Å². The van der Waals surface area contributed by atoms with Crippen LogP contribution in [0.4, 0.5) is 5.69 Å². The van der Waals surface area contributed by atoms with Crippen molar-refractivity contribution in [3.05, 3.63) is 59.7 Å². The van der Waals surface area contributed by atoms with Gasteiger partial charge in [0, 0.05) is 5.69 Å². The lowest BCUT2D eigenvalue weighted by Gasteiger charge is -2.15. The summed E-state index contributed by atoms with van der Waals surface area (Å²) < 4.78 is 5.66. The summed E-state index contributed by atoms with van der Waals surface area (Å²) in [5.41, 5.74) is 2.73. The van der Waals surface area contributed by atoms with Gasteiger partial charge < -0.3 is 15.2 Å². The van der Waals surface area contributed by atoms with Gasteiger partial charge in [0.1, 0.15) is 5.75 Å². The number of carbonyl (C=O) groups is 2. The summed E-state index contributed by atoms with van der Waals surface area (Å²) in [7, 11) is 0. The number of aryl methyl sites for hydroxylation is 1. The Hall–Kier alpha value is -2.82. The average molecular weight is 339 g/mol. The summed E-state index contributed by atoms with van der Waals surface area (Å²) in [5.74, 6) is -0.506. The maximum absolute atomic E-state index is 12.3. The van der Waals surface area contributed by atoms with Gasteiger partial charge >= 0.3 is 5.97 Å². The highest BCUT2D eigenvalue weighted by atomic mass is 16.5. The highest BCUT2D eigenvalue weighted by Crippen LogP contribution is 2.47. The SMILES string of the molecule is Cc1cccc(OC(C)C(=O)Nc2ccc([C@@H]3C[C@H]3C(=O)O)cc2)c1. The summed E-state index contributed by atoms with van der Waals surface area (Å²) in [5, 5.41) is 11.8. The van der Waals surface area contributed by atoms with Crippen LogP contribution in [-0.2, 0) is 9.59 Å². The number of benzene rings is 2. The van der Waals surface area contributed by atoms with E-state index in [9.17, 15) is 9.59 Å². The number of ether oxygens (including phenoxy) is 1. The molecule has 1 amide bonds. The maximum Gasteiger partial charge on any atom is 0.307 e. The summed E-state index contributed by atoms with van der Waals surface area (Å²) in [6.07, 6.45) is 0.0591. The monoisotopic (exact) mass is 339 g/mol. The first kappa shape index (κ1) is 17.0. The Labute approximate surface area is 146 Å². The second-order valence-corrected chi connectivity index (χ2v) is 6.47. The van der Waals surface area contributed by atoms with E-state index in [0.29, 0.717) is 17.9 Å². The molecular weight excluding hydrogens is 318 g/mol. The van der Waals surface area contributed by atoms with Crippen LogP contribution in [0.2, 0.25) is 0 Å². The van der Waals surface area contributed by atoms with Crippen LogP contribution in [0.1, 0.15) is 30.4 Å². The number of amides is 1. The van der Waals surface area contributed by atoms with Crippen LogP contribution in [0.15, 0.2) is 48.5 Å². The second kappa shape index (κ2) is 6.97. The molecule has 0 spiro atoms. The van der Waals surface area contributed by atoms with Crippen molar-refractivity contribution in [1.82, 2.24) is 0 Å². The Kier molecular flexibility index (Phi) is 4.74. The lowest BCUT2D eigenvalue weighted by atomic mass is 10.1. The number of hydrogen-bond donors (Lipinski definition) is 2. The van der Waals surface area contributed by atoms with Gasteiger partial charge in [-0.15, -0.1) is 0 Å². The Morgan fingerprint density at radius 3 is 2.52 bits per heavy atom. The molecule has 0 heterocycles. The molecule has 25 heavy (non-hydrogen) atoms. The number of aliphatic carboxylic acids is 1. The van der Waals surface area contributed by atoms with Crippen molar-refractivity contribution in [1.29, 1.82) is 0 Å². The maximum atomic E-state index is 12.3. The van der Waals surface area contributed by atoms with Gasteiger partial charge in [-0.1, -0.05) is 24.3 Å². The highest BCUT2D eigenvalue weighted by molar-refractivity contribution is 5.94. The molecule has 0 saturated heterocycles. The lowest BCUT2D eigenvalue weighted by molar-refractivity contribution is -0.138. The quantitative estimate of drug-likeness (QED) is 0.843. The van der Waals surface area contributed by atoms with Crippen molar-refractivity contribution in [3.63, 3.8) is 0 Å². The molecular formula is C20H21NO4. The summed E-state index contributed by atoms with van der Waals surface area (Å²) in [4.78, 5) is 23.2. The largest absolute Gasteiger partial charge is 0.481 e. The fraction of sp³-hybridized carbons (Fsp3) is 0.300. The van der Waals surface area contributed by atoms with Crippen LogP contribution < -0.4 is 10.1 Å². The van der Waals surface area contributed by atoms with E-state index < -0.39 is 12.1 Å². The summed E-state index contributed by atoms with van der Waals surface area (Å²) >= 11 is 0. The van der Waals surface area contributed by atoms with Crippen molar-refractivity contribution in [3.8, 4) is 5.75 Å². The van der Waals surface area contributed by atoms with Gasteiger partial charge in [0.2, 0.25) is 0 Å². The molecule has 5 heteroatoms. The number of nitrogens with one attached hydrogen (secondary N) is 1. The van der Waals surface area contributed by atoms with Crippen LogP contribution in [0.3, 0.4) is 0 Å². The van der Waals surface area contributed by atoms with Gasteiger partial charge in [-0.25, -0.2) is 0 Å². The Morgan fingerprint density at radius 1 is 1.20 bits per heavy atom. The van der Waals surface area contributed by atoms with Crippen molar-refractivity contribution in [2.24, 2.45) is 5.92 Å². The van der Waals surface area contributed by atoms with Crippen LogP contribution in [0, 0.1) is 12.8 Å². The molecule has 1 fully saturated rings. The van der Waals surface area contributed by atoms with E-state index in [2.05, 4.69) is 5.32 Å². The smallest absolute Gasteiger partial charge is 0.307 e. The Balaban J connectivity index is 1.56. The molecule has 1 aliphatic rings. The number of hydrogen-bond acceptors (Lipinski definition) is 3. The van der Waals surface area contributed by atoms with E-state index in [1.54, 1.807) is 19.1 Å². The number of carbonyl (C=O) groups excluding carboxylic acids is 1. The standard InChI is InChI=1S/C20H21NO4/c1-12-4-3-5-16(10-12)25-13(2)19(22)21-15-8-6-14(7-9-15)17-11-18(17)20(23)24/h3-10,13,17-18H,11H2,1-2H3,(H,21,22)(H,23,24)/t13?,17-,18+/m0/s1. The van der Waals surface area contributed by atoms with Crippen LogP contribution in [-0.4, -0.2) is 23.1 Å². The van der Waals surface area contributed by atoms with E-state index in [4.69, 9.17) is 9.84 Å². The third-order valence-corrected chi connectivity index (χ3v) is 4.39. The molecule has 0 radical (unpaired) electrons. The zero-order chi connectivity index (χ0) is 18.0. The zero-order valence-corrected chi connectivity index (χ0v) is 14.2. The zero-order valence-electron chi connectivity index (χ0n) is 14.2. The minimum atomic E-state index is -0.746. The molecule has 3 atom stereocenters. The summed E-state index contributed by atoms with van der Waals surface area (Å²) in [6.45, 7) is 3.67. The summed E-state index contributed by atoms with van der Waals surface area (Å²) in [6, 6.07) is 14.9. The highest BCUT2D eigenvalue weighted by Gasteiger charge is 2.44. The van der Waals surface area contributed by atoms with Crippen molar-refractivity contribution < 1.29 is 19.4 Å². The van der Waals surface area contributed by atoms with Gasteiger partial charge in [-0.3, -0.25) is 9.59 Å². The first-order valence-corrected chi connectivity index (χ1v) is 8.31. The first-order chi connectivity index (χ1) is 11.9. The molecule has 0 aliphatic heterocycles. The Morgan fingerprint density at radius 2 is 1.92 bits per heavy atom. The molecule has 1 unspecified atom stereocenters. The number of carboxylic acids is 1. The molecule has 1 saturated carbocycles. The molecule has 2 N–H and O–H groups in total. The minimum absolute atomic E-state index is 0.0887. The minimum Gasteiger partial charge on any atom is -0.481 e. The average Bonchev–Trinajstić information content (AvgIpc) is 3.36. The number of carboxylic acid groups (broad SMARTS) is 1. The molecule has 130 valence electrons. The van der Waals surface area contributed by atoms with E-state index >= 15 is 0 Å². The molecule has 1 aliphatic carbocycles. The number of rotatable bonds is 6. The topological polar surface area (TPSA) is 75.6 Å². The van der Waals surface area contributed by atoms with Gasteiger partial charge in [-0.2, -0.15) is 0 Å². The predicted molar refractivity (Wildman–Crippen MR) is 94.8 cm³/mol. The Bertz CT molecular complexity index is 785. The normalized spacial score (nSPS) is 19.8. The molecule has 5 nitrogen and oxygen atoms in total. The van der Waals surface area contributed by atoms with E-state index in [1.807, 2.05) is 43.3 Å². The van der Waals surface area contributed by atoms with Gasteiger partial charge in [-0.05, 0) is 61.6 Å². The third-order valence-electron chi connectivity index (χ3n) is 4.39. The van der Waals surface area contributed by atoms with Crippen LogP contribution in [0.25, 0.3) is 0 Å². The van der Waals surface area contributed by atoms with Crippen molar-refractivity contribution in [2.75, 3.05) is 5.32 Å². The first-order valence-electron chi connectivity index (χ1n) is 8.31. The van der Waals surface area contributed by atoms with E-state index in [0.717, 1.165) is 11.1 Å². The van der Waals surface area contributed by atoms with E-state index in [1.165, 1.54) is 0 Å². The third kappa shape index (κ3) is 4.18. The van der Waals surface area contributed by atoms with E-state index in [-0.39, 0.29) is 17.7 Å². The molecule has 3 rings (SSSR count). The molecule has 2 aromatic rings. The predicted octanol–water partition coefficient (Wildman–Crippen LogP) is 3.59. The molecule has 0 bridgehead atoms. The van der Waals surface area contributed by atoms with Crippen molar-refractivity contribution >= 4 is 17.6 Å². The van der Waals surface area contributed by atoms with Crippen molar-refractivity contribution in [2.45, 2.75) is 32.3 Å². The number of anilines is 1. The molecule has 2 aromatic carbocycles. The van der Waals surface area contributed by atoms with Gasteiger partial charge in [0.05, 0.1) is 5.92 Å². The van der Waals surface area contributed by atoms with Gasteiger partial charge in [0.15, 0.2) is 6.10 Å². The van der Waals surface area contributed by atoms with Crippen LogP contribution in [0.5, 0.6) is 5.75 Å². The van der Waals surface area contributed by atoms with Gasteiger partial charge in [0.25, 0.3) is 5.91 Å². The fourth-order valence-corrected chi connectivity index (χ4v) is 2.84.